The molecule has 7 heteroatoms. The Morgan fingerprint density at radius 1 is 1.06 bits per heavy atom. The lowest BCUT2D eigenvalue weighted by molar-refractivity contribution is -0.354. The average Bonchev–Trinajstić information content (AvgIpc) is 2.80. The number of ether oxygens (including phenoxy) is 5. The van der Waals surface area contributed by atoms with Crippen LogP contribution < -0.4 is 0 Å². The summed E-state index contributed by atoms with van der Waals surface area (Å²) in [5.41, 5.74) is 1.14. The van der Waals surface area contributed by atoms with Gasteiger partial charge in [-0.3, -0.25) is 0 Å². The molecule has 0 spiro atoms. The van der Waals surface area contributed by atoms with Gasteiger partial charge in [0.2, 0.25) is 0 Å². The monoisotopic (exact) mass is 458 g/mol. The molecule has 6 nitrogen and oxygen atoms in total. The van der Waals surface area contributed by atoms with E-state index < -0.39 is 30.1 Å². The van der Waals surface area contributed by atoms with Crippen LogP contribution in [-0.2, 0) is 30.3 Å². The molecular weight excluding hydrogens is 428 g/mol. The molecule has 2 heterocycles. The largest absolute Gasteiger partial charge is 0.452 e. The molecule has 2 aromatic rings. The molecule has 3 unspecified atom stereocenters. The van der Waals surface area contributed by atoms with Crippen molar-refractivity contribution in [3.05, 3.63) is 71.8 Å². The Labute approximate surface area is 193 Å². The molecule has 2 fully saturated rings. The topological polar surface area (TPSA) is 63.2 Å². The lowest BCUT2D eigenvalue weighted by atomic mass is 9.97. The molecule has 0 radical (unpaired) electrons. The first kappa shape index (κ1) is 23.3. The van der Waals surface area contributed by atoms with Crippen molar-refractivity contribution >= 4 is 17.7 Å². The maximum Gasteiger partial charge on any atom is 0.338 e. The fourth-order valence-electron chi connectivity index (χ4n) is 3.95. The van der Waals surface area contributed by atoms with Gasteiger partial charge in [0.1, 0.15) is 23.7 Å². The molecule has 0 aromatic heterocycles. The third-order valence-electron chi connectivity index (χ3n) is 5.48. The molecule has 0 amide bonds. The van der Waals surface area contributed by atoms with Gasteiger partial charge in [-0.1, -0.05) is 55.5 Å². The van der Waals surface area contributed by atoms with Crippen LogP contribution in [0.2, 0.25) is 0 Å². The highest BCUT2D eigenvalue weighted by molar-refractivity contribution is 7.99. The van der Waals surface area contributed by atoms with Gasteiger partial charge in [0, 0.05) is 0 Å². The van der Waals surface area contributed by atoms with Crippen molar-refractivity contribution in [2.24, 2.45) is 0 Å². The van der Waals surface area contributed by atoms with E-state index in [1.54, 1.807) is 23.9 Å². The van der Waals surface area contributed by atoms with Crippen LogP contribution in [0.5, 0.6) is 0 Å². The van der Waals surface area contributed by atoms with E-state index in [9.17, 15) is 4.79 Å². The van der Waals surface area contributed by atoms with Crippen LogP contribution in [0.1, 0.15) is 36.7 Å². The highest BCUT2D eigenvalue weighted by Crippen LogP contribution is 2.38. The quantitative estimate of drug-likeness (QED) is 0.569. The van der Waals surface area contributed by atoms with Crippen molar-refractivity contribution in [2.45, 2.75) is 63.0 Å². The van der Waals surface area contributed by atoms with Crippen molar-refractivity contribution in [1.82, 2.24) is 0 Å². The predicted octanol–water partition coefficient (Wildman–Crippen LogP) is 4.43. The van der Waals surface area contributed by atoms with Gasteiger partial charge in [-0.25, -0.2) is 4.79 Å². The Morgan fingerprint density at radius 3 is 2.44 bits per heavy atom. The Morgan fingerprint density at radius 2 is 1.75 bits per heavy atom. The summed E-state index contributed by atoms with van der Waals surface area (Å²) in [5.74, 6) is -0.378. The SMILES string of the molecule is CCSC1OC2COC(C)(C)O[C@H]2[C@@H](OCc2ccccc2)C1OC(=O)c1ccccc1. The van der Waals surface area contributed by atoms with E-state index in [0.29, 0.717) is 18.8 Å². The van der Waals surface area contributed by atoms with Gasteiger partial charge >= 0.3 is 5.97 Å². The lowest BCUT2D eigenvalue weighted by Gasteiger charge is -2.50. The third-order valence-corrected chi connectivity index (χ3v) is 6.52. The van der Waals surface area contributed by atoms with Crippen molar-refractivity contribution in [3.8, 4) is 0 Å². The first-order chi connectivity index (χ1) is 15.5. The predicted molar refractivity (Wildman–Crippen MR) is 122 cm³/mol. The number of hydrogen-bond donors (Lipinski definition) is 0. The average molecular weight is 459 g/mol. The molecule has 0 saturated carbocycles. The first-order valence-electron chi connectivity index (χ1n) is 11.0. The minimum Gasteiger partial charge on any atom is -0.452 e. The second-order valence-electron chi connectivity index (χ2n) is 8.29. The van der Waals surface area contributed by atoms with Crippen LogP contribution in [0.15, 0.2) is 60.7 Å². The maximum absolute atomic E-state index is 13.0. The molecule has 4 rings (SSSR count). The van der Waals surface area contributed by atoms with E-state index in [1.165, 1.54) is 0 Å². The molecule has 2 aliphatic rings. The number of carbonyl (C=O) groups is 1. The minimum atomic E-state index is -0.780. The van der Waals surface area contributed by atoms with Gasteiger partial charge in [-0.15, -0.1) is 11.8 Å². The normalized spacial score (nSPS) is 29.2. The number of rotatable bonds is 7. The molecule has 32 heavy (non-hydrogen) atoms. The van der Waals surface area contributed by atoms with Crippen molar-refractivity contribution < 1.29 is 28.5 Å². The van der Waals surface area contributed by atoms with Crippen LogP contribution in [0.3, 0.4) is 0 Å². The zero-order chi connectivity index (χ0) is 22.6. The Kier molecular flexibility index (Phi) is 7.53. The summed E-state index contributed by atoms with van der Waals surface area (Å²) in [4.78, 5) is 13.0. The van der Waals surface area contributed by atoms with E-state index in [2.05, 4.69) is 0 Å². The molecule has 0 bridgehead atoms. The van der Waals surface area contributed by atoms with E-state index in [-0.39, 0.29) is 11.5 Å². The number of thioether (sulfide) groups is 1. The molecule has 5 atom stereocenters. The fourth-order valence-corrected chi connectivity index (χ4v) is 4.90. The van der Waals surface area contributed by atoms with Gasteiger partial charge in [0.25, 0.3) is 0 Å². The van der Waals surface area contributed by atoms with E-state index in [0.717, 1.165) is 11.3 Å². The van der Waals surface area contributed by atoms with E-state index >= 15 is 0 Å². The highest BCUT2D eigenvalue weighted by Gasteiger charge is 2.53. The summed E-state index contributed by atoms with van der Waals surface area (Å²) in [7, 11) is 0. The number of hydrogen-bond acceptors (Lipinski definition) is 7. The van der Waals surface area contributed by atoms with Crippen LogP contribution >= 0.6 is 11.8 Å². The van der Waals surface area contributed by atoms with Gasteiger partial charge in [-0.05, 0) is 37.3 Å². The Bertz CT molecular complexity index is 875. The van der Waals surface area contributed by atoms with E-state index in [4.69, 9.17) is 23.7 Å². The minimum absolute atomic E-state index is 0.306. The standard InChI is InChI=1S/C25H30O6S/c1-4-32-24-22(30-23(26)18-13-9-6-10-14-18)21(27-15-17-11-7-5-8-12-17)20-19(29-24)16-28-25(2,3)31-20/h5-14,19-22,24H,4,15-16H2,1-3H3/t19?,20-,21-,22?,24?/m1/s1. The number of carbonyl (C=O) groups excluding carboxylic acids is 1. The van der Waals surface area contributed by atoms with E-state index in [1.807, 2.05) is 69.3 Å². The van der Waals surface area contributed by atoms with Gasteiger partial charge in [0.15, 0.2) is 11.9 Å². The summed E-state index contributed by atoms with van der Waals surface area (Å²) >= 11 is 1.59. The summed E-state index contributed by atoms with van der Waals surface area (Å²) < 4.78 is 30.8. The van der Waals surface area contributed by atoms with Crippen LogP contribution in [-0.4, -0.2) is 54.0 Å². The van der Waals surface area contributed by atoms with Crippen molar-refractivity contribution in [1.29, 1.82) is 0 Å². The summed E-state index contributed by atoms with van der Waals surface area (Å²) in [6, 6.07) is 18.9. The second-order valence-corrected chi connectivity index (χ2v) is 9.66. The zero-order valence-electron chi connectivity index (χ0n) is 18.6. The molecule has 2 aliphatic heterocycles. The second kappa shape index (κ2) is 10.4. The first-order valence-corrected chi connectivity index (χ1v) is 12.0. The van der Waals surface area contributed by atoms with Gasteiger partial charge in [-0.2, -0.15) is 0 Å². The van der Waals surface area contributed by atoms with Crippen molar-refractivity contribution in [2.75, 3.05) is 12.4 Å². The molecule has 2 saturated heterocycles. The smallest absolute Gasteiger partial charge is 0.338 e. The van der Waals surface area contributed by atoms with Crippen molar-refractivity contribution in [3.63, 3.8) is 0 Å². The molecule has 2 aromatic carbocycles. The molecule has 172 valence electrons. The van der Waals surface area contributed by atoms with Crippen LogP contribution in [0.25, 0.3) is 0 Å². The van der Waals surface area contributed by atoms with Crippen LogP contribution in [0.4, 0.5) is 0 Å². The highest BCUT2D eigenvalue weighted by atomic mass is 32.2. The molecular formula is C25H30O6S. The van der Waals surface area contributed by atoms with Gasteiger partial charge < -0.3 is 23.7 Å². The van der Waals surface area contributed by atoms with Crippen LogP contribution in [0, 0.1) is 0 Å². The van der Waals surface area contributed by atoms with Gasteiger partial charge in [0.05, 0.1) is 18.8 Å². The zero-order valence-corrected chi connectivity index (χ0v) is 19.5. The number of fused-ring (bicyclic) bond motifs is 1. The number of esters is 1. The Balaban J connectivity index is 1.61. The molecule has 0 N–H and O–H groups in total. The maximum atomic E-state index is 13.0. The summed E-state index contributed by atoms with van der Waals surface area (Å²) in [6.07, 6.45) is -1.87. The summed E-state index contributed by atoms with van der Waals surface area (Å²) in [6.45, 7) is 6.56. The lowest BCUT2D eigenvalue weighted by Crippen LogP contribution is -2.65. The summed E-state index contributed by atoms with van der Waals surface area (Å²) in [5, 5.41) is 0. The number of benzene rings is 2. The fraction of sp³-hybridized carbons (Fsp3) is 0.480. The third kappa shape index (κ3) is 5.53. The molecule has 0 aliphatic carbocycles. The Hall–Kier alpha value is -1.90.